The van der Waals surface area contributed by atoms with E-state index in [1.807, 2.05) is 49.4 Å². The van der Waals surface area contributed by atoms with Crippen molar-refractivity contribution in [2.75, 3.05) is 5.73 Å². The third-order valence-electron chi connectivity index (χ3n) is 3.06. The molecule has 5 heteroatoms. The summed E-state index contributed by atoms with van der Waals surface area (Å²) in [5, 5.41) is 4.01. The summed E-state index contributed by atoms with van der Waals surface area (Å²) in [7, 11) is 0. The second kappa shape index (κ2) is 5.09. The van der Waals surface area contributed by atoms with Crippen molar-refractivity contribution in [3.63, 3.8) is 0 Å². The predicted molar refractivity (Wildman–Crippen MR) is 82.0 cm³/mol. The Labute approximate surface area is 124 Å². The molecule has 20 heavy (non-hydrogen) atoms. The minimum Gasteiger partial charge on any atom is -0.398 e. The van der Waals surface area contributed by atoms with Gasteiger partial charge in [-0.05, 0) is 30.7 Å². The molecule has 0 radical (unpaired) electrons. The number of halogens is 1. The van der Waals surface area contributed by atoms with E-state index in [9.17, 15) is 0 Å². The van der Waals surface area contributed by atoms with Crippen LogP contribution in [0.4, 0.5) is 5.69 Å². The number of aromatic nitrogens is 2. The van der Waals surface area contributed by atoms with Gasteiger partial charge in [0.25, 0.3) is 5.89 Å². The lowest BCUT2D eigenvalue weighted by Gasteiger charge is -2.03. The minimum absolute atomic E-state index is 0.432. The molecule has 1 aromatic heterocycles. The third-order valence-corrected chi connectivity index (χ3v) is 3.56. The van der Waals surface area contributed by atoms with Gasteiger partial charge in [0.1, 0.15) is 0 Å². The summed E-state index contributed by atoms with van der Waals surface area (Å²) in [6, 6.07) is 13.5. The van der Waals surface area contributed by atoms with Gasteiger partial charge >= 0.3 is 0 Å². The number of aryl methyl sites for hydroxylation is 1. The van der Waals surface area contributed by atoms with Gasteiger partial charge < -0.3 is 10.3 Å². The lowest BCUT2D eigenvalue weighted by Crippen LogP contribution is -1.93. The molecule has 0 aliphatic heterocycles. The van der Waals surface area contributed by atoms with Crippen molar-refractivity contribution in [2.24, 2.45) is 0 Å². The van der Waals surface area contributed by atoms with Crippen molar-refractivity contribution in [1.29, 1.82) is 0 Å². The first-order valence-electron chi connectivity index (χ1n) is 6.10. The fraction of sp³-hybridized carbons (Fsp3) is 0.0667. The lowest BCUT2D eigenvalue weighted by molar-refractivity contribution is 0.432. The number of nitrogens with two attached hydrogens (primary N) is 1. The van der Waals surface area contributed by atoms with Gasteiger partial charge in [0.05, 0.1) is 5.56 Å². The number of anilines is 1. The Morgan fingerprint density at radius 2 is 1.95 bits per heavy atom. The first-order valence-corrected chi connectivity index (χ1v) is 6.89. The summed E-state index contributed by atoms with van der Waals surface area (Å²) >= 11 is 3.43. The zero-order chi connectivity index (χ0) is 14.1. The molecular formula is C15H12BrN3O. The highest BCUT2D eigenvalue weighted by molar-refractivity contribution is 9.10. The highest BCUT2D eigenvalue weighted by Gasteiger charge is 2.13. The smallest absolute Gasteiger partial charge is 0.260 e. The molecule has 2 N–H and O–H groups in total. The molecule has 1 heterocycles. The monoisotopic (exact) mass is 329 g/mol. The Hall–Kier alpha value is -2.14. The standard InChI is InChI=1S/C15H12BrN3O/c1-9-4-2-7-12(13(9)17)15-18-14(19-20-15)10-5-3-6-11(16)8-10/h2-8H,17H2,1H3. The molecule has 0 fully saturated rings. The van der Waals surface area contributed by atoms with Gasteiger partial charge in [-0.1, -0.05) is 45.4 Å². The largest absolute Gasteiger partial charge is 0.398 e. The van der Waals surface area contributed by atoms with E-state index in [2.05, 4.69) is 26.1 Å². The summed E-state index contributed by atoms with van der Waals surface area (Å²) in [5.41, 5.74) is 9.36. The van der Waals surface area contributed by atoms with Crippen molar-refractivity contribution in [3.05, 3.63) is 52.5 Å². The second-order valence-electron chi connectivity index (χ2n) is 4.47. The van der Waals surface area contributed by atoms with Crippen LogP contribution in [-0.4, -0.2) is 10.1 Å². The first kappa shape index (κ1) is 12.9. The van der Waals surface area contributed by atoms with E-state index in [1.165, 1.54) is 0 Å². The van der Waals surface area contributed by atoms with Gasteiger partial charge in [0.2, 0.25) is 5.82 Å². The zero-order valence-corrected chi connectivity index (χ0v) is 12.4. The minimum atomic E-state index is 0.432. The lowest BCUT2D eigenvalue weighted by atomic mass is 10.1. The van der Waals surface area contributed by atoms with E-state index in [-0.39, 0.29) is 0 Å². The van der Waals surface area contributed by atoms with Crippen molar-refractivity contribution >= 4 is 21.6 Å². The molecule has 0 bridgehead atoms. The Bertz CT molecular complexity index is 767. The Kier molecular flexibility index (Phi) is 3.28. The molecule has 0 saturated heterocycles. The van der Waals surface area contributed by atoms with Crippen molar-refractivity contribution in [2.45, 2.75) is 6.92 Å². The third kappa shape index (κ3) is 2.32. The van der Waals surface area contributed by atoms with E-state index in [1.54, 1.807) is 0 Å². The average molecular weight is 330 g/mol. The maximum atomic E-state index is 6.05. The van der Waals surface area contributed by atoms with Crippen LogP contribution in [0.15, 0.2) is 51.5 Å². The highest BCUT2D eigenvalue weighted by atomic mass is 79.9. The Morgan fingerprint density at radius 3 is 2.75 bits per heavy atom. The molecule has 0 aliphatic carbocycles. The van der Waals surface area contributed by atoms with Crippen LogP contribution in [0.5, 0.6) is 0 Å². The Morgan fingerprint density at radius 1 is 1.15 bits per heavy atom. The molecule has 3 aromatic rings. The van der Waals surface area contributed by atoms with Crippen LogP contribution in [0, 0.1) is 6.92 Å². The van der Waals surface area contributed by atoms with E-state index in [4.69, 9.17) is 10.3 Å². The van der Waals surface area contributed by atoms with Crippen LogP contribution in [0.2, 0.25) is 0 Å². The molecule has 0 unspecified atom stereocenters. The van der Waals surface area contributed by atoms with Crippen LogP contribution in [-0.2, 0) is 0 Å². The number of nitrogen functional groups attached to an aromatic ring is 1. The predicted octanol–water partition coefficient (Wildman–Crippen LogP) is 4.06. The van der Waals surface area contributed by atoms with Crippen molar-refractivity contribution in [1.82, 2.24) is 10.1 Å². The topological polar surface area (TPSA) is 64.9 Å². The van der Waals surface area contributed by atoms with Gasteiger partial charge in [-0.2, -0.15) is 4.98 Å². The molecule has 4 nitrogen and oxygen atoms in total. The molecule has 0 spiro atoms. The molecule has 2 aromatic carbocycles. The van der Waals surface area contributed by atoms with Crippen molar-refractivity contribution < 1.29 is 4.52 Å². The Balaban J connectivity index is 2.04. The summed E-state index contributed by atoms with van der Waals surface area (Å²) in [4.78, 5) is 4.42. The van der Waals surface area contributed by atoms with Crippen LogP contribution in [0.25, 0.3) is 22.8 Å². The van der Waals surface area contributed by atoms with Gasteiger partial charge in [0.15, 0.2) is 0 Å². The fourth-order valence-electron chi connectivity index (χ4n) is 1.94. The number of hydrogen-bond acceptors (Lipinski definition) is 4. The van der Waals surface area contributed by atoms with Crippen molar-refractivity contribution in [3.8, 4) is 22.8 Å². The van der Waals surface area contributed by atoms with E-state index < -0.39 is 0 Å². The molecule has 0 amide bonds. The molecule has 100 valence electrons. The van der Waals surface area contributed by atoms with Crippen LogP contribution >= 0.6 is 15.9 Å². The maximum Gasteiger partial charge on any atom is 0.260 e. The molecule has 0 atom stereocenters. The number of nitrogens with zero attached hydrogens (tertiary/aromatic N) is 2. The summed E-state index contributed by atoms with van der Waals surface area (Å²) in [5.74, 6) is 0.975. The normalized spacial score (nSPS) is 10.7. The molecule has 0 aliphatic rings. The van der Waals surface area contributed by atoms with Crippen LogP contribution < -0.4 is 5.73 Å². The van der Waals surface area contributed by atoms with Gasteiger partial charge in [-0.25, -0.2) is 0 Å². The van der Waals surface area contributed by atoms with E-state index in [0.29, 0.717) is 17.4 Å². The number of hydrogen-bond donors (Lipinski definition) is 1. The molecule has 0 saturated carbocycles. The number of para-hydroxylation sites is 1. The highest BCUT2D eigenvalue weighted by Crippen LogP contribution is 2.29. The van der Waals surface area contributed by atoms with Gasteiger partial charge in [-0.3, -0.25) is 0 Å². The summed E-state index contributed by atoms with van der Waals surface area (Å²) in [6.45, 7) is 1.95. The average Bonchev–Trinajstić information content (AvgIpc) is 2.91. The van der Waals surface area contributed by atoms with Crippen LogP contribution in [0.1, 0.15) is 5.56 Å². The quantitative estimate of drug-likeness (QED) is 0.720. The zero-order valence-electron chi connectivity index (χ0n) is 10.8. The van der Waals surface area contributed by atoms with E-state index in [0.717, 1.165) is 21.2 Å². The van der Waals surface area contributed by atoms with Crippen LogP contribution in [0.3, 0.4) is 0 Å². The molecular weight excluding hydrogens is 318 g/mol. The summed E-state index contributed by atoms with van der Waals surface area (Å²) in [6.07, 6.45) is 0. The first-order chi connectivity index (χ1) is 9.65. The molecule has 3 rings (SSSR count). The number of benzene rings is 2. The fourth-order valence-corrected chi connectivity index (χ4v) is 2.34. The van der Waals surface area contributed by atoms with E-state index >= 15 is 0 Å². The van der Waals surface area contributed by atoms with Gasteiger partial charge in [0, 0.05) is 15.7 Å². The second-order valence-corrected chi connectivity index (χ2v) is 5.39. The summed E-state index contributed by atoms with van der Waals surface area (Å²) < 4.78 is 6.29. The SMILES string of the molecule is Cc1cccc(-c2nc(-c3cccc(Br)c3)no2)c1N. The maximum absolute atomic E-state index is 6.05. The van der Waals surface area contributed by atoms with Gasteiger partial charge in [-0.15, -0.1) is 0 Å². The number of rotatable bonds is 2.